The lowest BCUT2D eigenvalue weighted by Gasteiger charge is -2.37. The van der Waals surface area contributed by atoms with Gasteiger partial charge in [-0.05, 0) is 35.1 Å². The molecule has 5 N–H and O–H groups in total. The lowest BCUT2D eigenvalue weighted by Crippen LogP contribution is -2.26. The van der Waals surface area contributed by atoms with Crippen molar-refractivity contribution in [1.82, 2.24) is 4.72 Å². The number of aliphatic hydroxyl groups excluding tert-OH is 1. The van der Waals surface area contributed by atoms with Crippen molar-refractivity contribution < 1.29 is 28.8 Å². The van der Waals surface area contributed by atoms with E-state index >= 15 is 0 Å². The van der Waals surface area contributed by atoms with Gasteiger partial charge in [-0.2, -0.15) is 4.72 Å². The zero-order valence-electron chi connectivity index (χ0n) is 17.4. The molecule has 0 aliphatic carbocycles. The van der Waals surface area contributed by atoms with Gasteiger partial charge in [-0.15, -0.1) is 0 Å². The van der Waals surface area contributed by atoms with Crippen LogP contribution in [0.3, 0.4) is 0 Å². The first-order valence-electron chi connectivity index (χ1n) is 9.79. The van der Waals surface area contributed by atoms with Crippen LogP contribution in [0.5, 0.6) is 5.75 Å². The summed E-state index contributed by atoms with van der Waals surface area (Å²) in [5.74, 6) is -0.559. The minimum Gasteiger partial charge on any atom is -0.487 e. The van der Waals surface area contributed by atoms with Gasteiger partial charge < -0.3 is 14.9 Å². The van der Waals surface area contributed by atoms with Gasteiger partial charge in [0, 0.05) is 6.08 Å². The molecule has 1 heterocycles. The average Bonchev–Trinajstić information content (AvgIpc) is 2.97. The third-order valence-electron chi connectivity index (χ3n) is 4.81. The molecule has 1 atom stereocenters. The first-order valence-corrected chi connectivity index (χ1v) is 11.3. The fourth-order valence-electron chi connectivity index (χ4n) is 3.39. The number of hydrogen-bond donors (Lipinski definition) is 5. The Kier molecular flexibility index (Phi) is 6.93. The van der Waals surface area contributed by atoms with Crippen LogP contribution in [0.2, 0.25) is 0 Å². The summed E-state index contributed by atoms with van der Waals surface area (Å²) in [6, 6.07) is 15.0. The van der Waals surface area contributed by atoms with Crippen LogP contribution < -0.4 is 13.8 Å². The third-order valence-corrected chi connectivity index (χ3v) is 6.36. The highest BCUT2D eigenvalue weighted by atomic mass is 32.3. The second-order valence-electron chi connectivity index (χ2n) is 8.13. The van der Waals surface area contributed by atoms with E-state index in [4.69, 9.17) is 9.84 Å². The third kappa shape index (κ3) is 6.22. The molecule has 9 heteroatoms. The summed E-state index contributed by atoms with van der Waals surface area (Å²) in [7, 11) is -3.38. The molecule has 2 aromatic carbocycles. The van der Waals surface area contributed by atoms with Crippen LogP contribution >= 0.6 is 11.0 Å². The second kappa shape index (κ2) is 9.29. The van der Waals surface area contributed by atoms with Crippen molar-refractivity contribution in [2.45, 2.75) is 33.1 Å². The number of carboxylic acids is 1. The van der Waals surface area contributed by atoms with Crippen LogP contribution in [0.25, 0.3) is 0 Å². The van der Waals surface area contributed by atoms with Crippen molar-refractivity contribution in [3.63, 3.8) is 0 Å². The maximum absolute atomic E-state index is 10.9. The van der Waals surface area contributed by atoms with Gasteiger partial charge in [0.1, 0.15) is 24.3 Å². The maximum atomic E-state index is 10.9. The van der Waals surface area contributed by atoms with Gasteiger partial charge in [0.05, 0.1) is 6.54 Å². The average molecular weight is 449 g/mol. The van der Waals surface area contributed by atoms with Gasteiger partial charge in [0.2, 0.25) is 0 Å². The molecule has 3 rings (SSSR count). The normalized spacial score (nSPS) is 19.5. The van der Waals surface area contributed by atoms with Gasteiger partial charge in [-0.3, -0.25) is 13.4 Å². The number of aliphatic carboxylic acids is 1. The van der Waals surface area contributed by atoms with Crippen LogP contribution in [0, 0.1) is 5.41 Å². The van der Waals surface area contributed by atoms with Gasteiger partial charge in [0.25, 0.3) is 0 Å². The van der Waals surface area contributed by atoms with Crippen LogP contribution in [0.15, 0.2) is 60.7 Å². The number of allylic oxidation sites excluding steroid dienone is 1. The quantitative estimate of drug-likeness (QED) is 0.387. The topological polar surface area (TPSA) is 122 Å². The van der Waals surface area contributed by atoms with Gasteiger partial charge >= 0.3 is 5.97 Å². The Bertz CT molecular complexity index is 948. The zero-order chi connectivity index (χ0) is 22.6. The van der Waals surface area contributed by atoms with Crippen LogP contribution in [-0.2, 0) is 17.8 Å². The Balaban J connectivity index is 1.90. The Labute approximate surface area is 183 Å². The monoisotopic (exact) mass is 448 g/mol. The summed E-state index contributed by atoms with van der Waals surface area (Å²) >= 11 is 0. The predicted octanol–water partition coefficient (Wildman–Crippen LogP) is 3.78. The van der Waals surface area contributed by atoms with Crippen molar-refractivity contribution in [3.8, 4) is 5.75 Å². The minimum atomic E-state index is -3.38. The van der Waals surface area contributed by atoms with Crippen molar-refractivity contribution in [2.75, 3.05) is 10.8 Å². The number of anilines is 1. The number of aliphatic hydroxyl groups is 1. The first-order chi connectivity index (χ1) is 14.6. The molecule has 2 aromatic rings. The van der Waals surface area contributed by atoms with E-state index in [2.05, 4.69) is 4.72 Å². The van der Waals surface area contributed by atoms with Crippen LogP contribution in [0.4, 0.5) is 5.69 Å². The van der Waals surface area contributed by atoms with E-state index in [0.717, 1.165) is 17.2 Å². The molecule has 0 spiro atoms. The van der Waals surface area contributed by atoms with Gasteiger partial charge in [-0.25, -0.2) is 4.79 Å². The number of nitrogens with one attached hydrogen (secondary N) is 1. The summed E-state index contributed by atoms with van der Waals surface area (Å²) in [6.45, 7) is 4.14. The summed E-state index contributed by atoms with van der Waals surface area (Å²) in [5, 5.41) is 18.8. The number of ether oxygens (including phenoxy) is 1. The number of rotatable bonds is 8. The molecule has 0 bridgehead atoms. The van der Waals surface area contributed by atoms with E-state index < -0.39 is 28.6 Å². The molecular formula is C22H28N2O6S. The molecule has 1 fully saturated rings. The fraction of sp³-hybridized carbons (Fsp3) is 0.318. The Morgan fingerprint density at radius 3 is 2.55 bits per heavy atom. The second-order valence-corrected chi connectivity index (χ2v) is 9.84. The molecule has 0 aromatic heterocycles. The molecular weight excluding hydrogens is 420 g/mol. The van der Waals surface area contributed by atoms with E-state index in [-0.39, 0.29) is 13.2 Å². The van der Waals surface area contributed by atoms with Crippen LogP contribution in [0.1, 0.15) is 25.0 Å². The Morgan fingerprint density at radius 2 is 1.94 bits per heavy atom. The molecule has 1 saturated heterocycles. The highest BCUT2D eigenvalue weighted by molar-refractivity contribution is 8.24. The number of β-amino-alcohol motifs (C(OH)–C–C–N with tert-alkyl or cyclic N) is 1. The lowest BCUT2D eigenvalue weighted by molar-refractivity contribution is -0.131. The van der Waals surface area contributed by atoms with E-state index in [0.29, 0.717) is 17.9 Å². The minimum absolute atomic E-state index is 0.00375. The maximum Gasteiger partial charge on any atom is 0.327 e. The van der Waals surface area contributed by atoms with E-state index in [1.54, 1.807) is 12.1 Å². The smallest absolute Gasteiger partial charge is 0.327 e. The molecule has 8 nitrogen and oxygen atoms in total. The van der Waals surface area contributed by atoms with Crippen LogP contribution in [-0.4, -0.2) is 38.1 Å². The van der Waals surface area contributed by atoms with Crippen molar-refractivity contribution in [3.05, 3.63) is 71.8 Å². The number of carboxylic acid groups (broad SMARTS) is 1. The zero-order valence-corrected chi connectivity index (χ0v) is 18.2. The lowest BCUT2D eigenvalue weighted by atomic mass is 9.85. The molecule has 31 heavy (non-hydrogen) atoms. The summed E-state index contributed by atoms with van der Waals surface area (Å²) in [6.07, 6.45) is 2.25. The SMILES string of the molecule is CC(C)(/C=C/C(=O)O)Cc1ccc(N2CC(O)NS2(O)O)c(OCc2ccccc2)c1. The fourth-order valence-corrected chi connectivity index (χ4v) is 4.73. The molecule has 1 aliphatic rings. The molecule has 168 valence electrons. The largest absolute Gasteiger partial charge is 0.487 e. The standard InChI is InChI=1S/C22H28N2O6S/c1-22(2,11-10-21(26)27)13-17-8-9-18(24-14-20(25)23-31(24,28)29)19(12-17)30-15-16-6-4-3-5-7-16/h3-12,20,23,25,28-29H,13-15H2,1-2H3,(H,26,27)/b11-10+. The molecule has 0 radical (unpaired) electrons. The van der Waals surface area contributed by atoms with Crippen molar-refractivity contribution in [2.24, 2.45) is 5.41 Å². The van der Waals surface area contributed by atoms with E-state index in [1.807, 2.05) is 56.3 Å². The molecule has 0 saturated carbocycles. The highest BCUT2D eigenvalue weighted by Gasteiger charge is 2.36. The van der Waals surface area contributed by atoms with E-state index in [1.165, 1.54) is 4.31 Å². The number of carbonyl (C=O) groups is 1. The van der Waals surface area contributed by atoms with Gasteiger partial charge in [0.15, 0.2) is 0 Å². The highest BCUT2D eigenvalue weighted by Crippen LogP contribution is 2.50. The summed E-state index contributed by atoms with van der Waals surface area (Å²) < 4.78 is 30.4. The molecule has 0 amide bonds. The Morgan fingerprint density at radius 1 is 1.23 bits per heavy atom. The summed E-state index contributed by atoms with van der Waals surface area (Å²) in [5.41, 5.74) is 1.89. The number of benzene rings is 2. The molecule has 1 unspecified atom stereocenters. The van der Waals surface area contributed by atoms with Crippen molar-refractivity contribution >= 4 is 22.6 Å². The van der Waals surface area contributed by atoms with E-state index in [9.17, 15) is 19.0 Å². The first kappa shape index (κ1) is 23.1. The number of nitrogens with zero attached hydrogens (tertiary/aromatic N) is 1. The number of hydrogen-bond acceptors (Lipinski definition) is 7. The Hall–Kier alpha value is -2.56. The van der Waals surface area contributed by atoms with Crippen molar-refractivity contribution in [1.29, 1.82) is 0 Å². The predicted molar refractivity (Wildman–Crippen MR) is 121 cm³/mol. The summed E-state index contributed by atoms with van der Waals surface area (Å²) in [4.78, 5) is 10.9. The van der Waals surface area contributed by atoms with Gasteiger partial charge in [-0.1, -0.05) is 67.3 Å². The molecule has 1 aliphatic heterocycles.